The molecule has 1 aliphatic carbocycles. The molecule has 1 amide bonds. The average Bonchev–Trinajstić information content (AvgIpc) is 3.22. The van der Waals surface area contributed by atoms with Crippen molar-refractivity contribution in [3.8, 4) is 23.0 Å². The SMILES string of the molecule is COc1cccc(C2C3C(=O)CC(c4ccc(F)cc4)CC3=Nc3ccccc3N2C(=O)c2cc(OC)c(OC)c(OC)c2)c1. The Balaban J connectivity index is 1.55. The zero-order chi connectivity index (χ0) is 31.7. The van der Waals surface area contributed by atoms with E-state index in [1.807, 2.05) is 48.5 Å². The Morgan fingerprint density at radius 3 is 2.18 bits per heavy atom. The summed E-state index contributed by atoms with van der Waals surface area (Å²) in [6, 6.07) is 23.5. The molecule has 9 heteroatoms. The zero-order valence-corrected chi connectivity index (χ0v) is 25.5. The van der Waals surface area contributed by atoms with Crippen molar-refractivity contribution in [2.45, 2.75) is 24.8 Å². The molecule has 0 N–H and O–H groups in total. The molecule has 1 aliphatic heterocycles. The minimum Gasteiger partial charge on any atom is -0.497 e. The Labute approximate surface area is 261 Å². The fourth-order valence-electron chi connectivity index (χ4n) is 6.41. The lowest BCUT2D eigenvalue weighted by atomic mass is 9.72. The first-order valence-electron chi connectivity index (χ1n) is 14.6. The van der Waals surface area contributed by atoms with Crippen molar-refractivity contribution in [2.75, 3.05) is 33.3 Å². The van der Waals surface area contributed by atoms with E-state index in [1.54, 1.807) is 36.3 Å². The maximum Gasteiger partial charge on any atom is 0.259 e. The summed E-state index contributed by atoms with van der Waals surface area (Å²) in [4.78, 5) is 35.9. The van der Waals surface area contributed by atoms with Crippen LogP contribution in [-0.4, -0.2) is 45.8 Å². The van der Waals surface area contributed by atoms with Crippen LogP contribution >= 0.6 is 0 Å². The summed E-state index contributed by atoms with van der Waals surface area (Å²) in [7, 11) is 6.05. The molecule has 2 aliphatic rings. The number of nitrogens with zero attached hydrogens (tertiary/aromatic N) is 2. The molecule has 3 atom stereocenters. The Morgan fingerprint density at radius 1 is 0.800 bits per heavy atom. The highest BCUT2D eigenvalue weighted by Crippen LogP contribution is 2.49. The number of hydrogen-bond donors (Lipinski definition) is 0. The number of methoxy groups -OCH3 is 4. The van der Waals surface area contributed by atoms with Gasteiger partial charge in [-0.2, -0.15) is 0 Å². The van der Waals surface area contributed by atoms with Gasteiger partial charge in [-0.1, -0.05) is 36.4 Å². The normalized spacial score (nSPS) is 19.0. The monoisotopic (exact) mass is 608 g/mol. The van der Waals surface area contributed by atoms with Gasteiger partial charge in [0.1, 0.15) is 17.3 Å². The first-order valence-corrected chi connectivity index (χ1v) is 14.6. The number of aliphatic imine (C=N–C) groups is 1. The molecule has 0 radical (unpaired) electrons. The number of rotatable bonds is 7. The summed E-state index contributed by atoms with van der Waals surface area (Å²) < 4.78 is 35.9. The molecule has 0 bridgehead atoms. The number of fused-ring (bicyclic) bond motifs is 2. The number of amides is 1. The Morgan fingerprint density at radius 2 is 1.51 bits per heavy atom. The number of anilines is 1. The highest BCUT2D eigenvalue weighted by molar-refractivity contribution is 6.15. The lowest BCUT2D eigenvalue weighted by Gasteiger charge is -2.39. The number of ketones is 1. The molecule has 230 valence electrons. The zero-order valence-electron chi connectivity index (χ0n) is 25.5. The molecule has 1 heterocycles. The standard InChI is InChI=1S/C36H33FN2O6/c1-42-26-9-7-8-22(16-26)34-33-28(17-23(18-30(33)40)21-12-14-25(37)15-13-21)38-27-10-5-6-11-29(27)39(34)36(41)24-19-31(43-2)35(45-4)32(20-24)44-3/h5-16,19-20,23,33-34H,17-18H2,1-4H3. The molecule has 1 fully saturated rings. The van der Waals surface area contributed by atoms with E-state index in [9.17, 15) is 14.0 Å². The summed E-state index contributed by atoms with van der Waals surface area (Å²) in [5.41, 5.74) is 3.65. The molecule has 4 aromatic carbocycles. The van der Waals surface area contributed by atoms with E-state index in [-0.39, 0.29) is 35.4 Å². The van der Waals surface area contributed by atoms with Gasteiger partial charge in [0.2, 0.25) is 5.75 Å². The van der Waals surface area contributed by atoms with Gasteiger partial charge in [-0.25, -0.2) is 4.39 Å². The van der Waals surface area contributed by atoms with Crippen molar-refractivity contribution in [2.24, 2.45) is 10.9 Å². The lowest BCUT2D eigenvalue weighted by Crippen LogP contribution is -2.45. The fourth-order valence-corrected chi connectivity index (χ4v) is 6.41. The summed E-state index contributed by atoms with van der Waals surface area (Å²) in [6.45, 7) is 0. The van der Waals surface area contributed by atoms with Gasteiger partial charge in [0.25, 0.3) is 5.91 Å². The molecule has 4 aromatic rings. The van der Waals surface area contributed by atoms with Crippen LogP contribution in [0.15, 0.2) is 89.9 Å². The fraction of sp³-hybridized carbons (Fsp3) is 0.250. The number of benzene rings is 4. The van der Waals surface area contributed by atoms with E-state index in [2.05, 4.69) is 0 Å². The molecule has 45 heavy (non-hydrogen) atoms. The van der Waals surface area contributed by atoms with E-state index >= 15 is 0 Å². The maximum atomic E-state index is 14.8. The third-order valence-corrected chi connectivity index (χ3v) is 8.52. The van der Waals surface area contributed by atoms with Crippen LogP contribution in [0.2, 0.25) is 0 Å². The number of Topliss-reactive ketones (excluding diaryl/α,β-unsaturated/α-hetero) is 1. The quantitative estimate of drug-likeness (QED) is 0.223. The smallest absolute Gasteiger partial charge is 0.259 e. The molecular weight excluding hydrogens is 575 g/mol. The Hall–Kier alpha value is -5.18. The van der Waals surface area contributed by atoms with E-state index in [4.69, 9.17) is 23.9 Å². The van der Waals surface area contributed by atoms with Crippen LogP contribution in [0.25, 0.3) is 0 Å². The second-order valence-electron chi connectivity index (χ2n) is 11.0. The lowest BCUT2D eigenvalue weighted by molar-refractivity contribution is -0.122. The molecule has 1 saturated carbocycles. The number of carbonyl (C=O) groups excluding carboxylic acids is 2. The number of halogens is 1. The highest BCUT2D eigenvalue weighted by atomic mass is 19.1. The average molecular weight is 609 g/mol. The third kappa shape index (κ3) is 5.50. The second-order valence-corrected chi connectivity index (χ2v) is 11.0. The highest BCUT2D eigenvalue weighted by Gasteiger charge is 2.46. The van der Waals surface area contributed by atoms with Crippen LogP contribution in [0.3, 0.4) is 0 Å². The number of carbonyl (C=O) groups is 2. The van der Waals surface area contributed by atoms with E-state index in [0.717, 1.165) is 11.1 Å². The second kappa shape index (κ2) is 12.4. The van der Waals surface area contributed by atoms with Gasteiger partial charge in [0.05, 0.1) is 51.8 Å². The van der Waals surface area contributed by atoms with Gasteiger partial charge >= 0.3 is 0 Å². The topological polar surface area (TPSA) is 86.7 Å². The summed E-state index contributed by atoms with van der Waals surface area (Å²) in [6.07, 6.45) is 0.696. The van der Waals surface area contributed by atoms with E-state index in [1.165, 1.54) is 33.5 Å². The van der Waals surface area contributed by atoms with Crippen molar-refractivity contribution < 1.29 is 32.9 Å². The maximum absolute atomic E-state index is 14.8. The minimum atomic E-state index is -0.754. The number of para-hydroxylation sites is 2. The van der Waals surface area contributed by atoms with Crippen molar-refractivity contribution in [3.63, 3.8) is 0 Å². The van der Waals surface area contributed by atoms with Gasteiger partial charge in [-0.05, 0) is 72.0 Å². The van der Waals surface area contributed by atoms with Crippen molar-refractivity contribution in [1.82, 2.24) is 0 Å². The predicted octanol–water partition coefficient (Wildman–Crippen LogP) is 7.10. The van der Waals surface area contributed by atoms with Crippen molar-refractivity contribution >= 4 is 28.8 Å². The largest absolute Gasteiger partial charge is 0.497 e. The summed E-state index contributed by atoms with van der Waals surface area (Å²) >= 11 is 0. The van der Waals surface area contributed by atoms with Gasteiger partial charge in [0.15, 0.2) is 11.5 Å². The molecule has 0 spiro atoms. The van der Waals surface area contributed by atoms with Crippen LogP contribution in [0.5, 0.6) is 23.0 Å². The Bertz CT molecular complexity index is 1760. The van der Waals surface area contributed by atoms with Crippen LogP contribution in [0, 0.1) is 11.7 Å². The minimum absolute atomic E-state index is 0.0577. The molecule has 6 rings (SSSR count). The molecule has 8 nitrogen and oxygen atoms in total. The van der Waals surface area contributed by atoms with Gasteiger partial charge < -0.3 is 18.9 Å². The van der Waals surface area contributed by atoms with Gasteiger partial charge in [-0.3, -0.25) is 19.5 Å². The number of hydrogen-bond acceptors (Lipinski definition) is 7. The molecular formula is C36H33FN2O6. The van der Waals surface area contributed by atoms with Crippen LogP contribution < -0.4 is 23.8 Å². The summed E-state index contributed by atoms with van der Waals surface area (Å²) in [5.74, 6) is -0.0808. The number of ether oxygens (including phenoxy) is 4. The predicted molar refractivity (Wildman–Crippen MR) is 169 cm³/mol. The summed E-state index contributed by atoms with van der Waals surface area (Å²) in [5, 5.41) is 0. The van der Waals surface area contributed by atoms with Gasteiger partial charge in [0, 0.05) is 17.7 Å². The Kier molecular flexibility index (Phi) is 8.26. The van der Waals surface area contributed by atoms with Gasteiger partial charge in [-0.15, -0.1) is 0 Å². The molecule has 3 unspecified atom stereocenters. The van der Waals surface area contributed by atoms with Crippen LogP contribution in [0.4, 0.5) is 15.8 Å². The van der Waals surface area contributed by atoms with Crippen molar-refractivity contribution in [1.29, 1.82) is 0 Å². The van der Waals surface area contributed by atoms with Crippen molar-refractivity contribution in [3.05, 3.63) is 107 Å². The van der Waals surface area contributed by atoms with E-state index < -0.39 is 12.0 Å². The third-order valence-electron chi connectivity index (χ3n) is 8.52. The first-order chi connectivity index (χ1) is 21.9. The van der Waals surface area contributed by atoms with E-state index in [0.29, 0.717) is 46.5 Å². The molecule has 0 saturated heterocycles. The van der Waals surface area contributed by atoms with Crippen LogP contribution in [0.1, 0.15) is 46.3 Å². The van der Waals surface area contributed by atoms with Crippen LogP contribution in [-0.2, 0) is 4.79 Å². The molecule has 0 aromatic heterocycles. The first kappa shape index (κ1) is 29.9.